The highest BCUT2D eigenvalue weighted by Crippen LogP contribution is 2.24. The lowest BCUT2D eigenvalue weighted by Crippen LogP contribution is -2.36. The van der Waals surface area contributed by atoms with Gasteiger partial charge in [0.2, 0.25) is 0 Å². The molecule has 16 heavy (non-hydrogen) atoms. The molecule has 0 fully saturated rings. The van der Waals surface area contributed by atoms with Crippen molar-refractivity contribution in [1.29, 1.82) is 0 Å². The van der Waals surface area contributed by atoms with Crippen molar-refractivity contribution in [1.82, 2.24) is 5.43 Å². The number of nitrogens with one attached hydrogen (secondary N) is 1. The van der Waals surface area contributed by atoms with Gasteiger partial charge in [0.15, 0.2) is 0 Å². The van der Waals surface area contributed by atoms with Crippen LogP contribution in [0, 0.1) is 0 Å². The molecule has 90 valence electrons. The van der Waals surface area contributed by atoms with Crippen LogP contribution < -0.4 is 16.0 Å². The minimum Gasteiger partial charge on any atom is -0.496 e. The van der Waals surface area contributed by atoms with Gasteiger partial charge >= 0.3 is 0 Å². The monoisotopic (exact) mass is 286 g/mol. The molecule has 0 aromatic heterocycles. The van der Waals surface area contributed by atoms with Crippen LogP contribution in [0.5, 0.6) is 5.75 Å². The lowest BCUT2D eigenvalue weighted by atomic mass is 10.0. The fraction of sp³-hybridized carbons (Fsp3) is 0.500. The average Bonchev–Trinajstić information content (AvgIpc) is 2.29. The standard InChI is InChI=1S/C12H19BrN2O/c1-3-4-11(15-14)8-9-7-10(13)5-6-12(9)16-2/h5-7,11,15H,3-4,8,14H2,1-2H3. The maximum absolute atomic E-state index is 5.53. The second-order valence-corrected chi connectivity index (χ2v) is 4.73. The number of hydrogen-bond acceptors (Lipinski definition) is 3. The summed E-state index contributed by atoms with van der Waals surface area (Å²) in [5.74, 6) is 6.45. The molecule has 1 aromatic rings. The van der Waals surface area contributed by atoms with Crippen molar-refractivity contribution in [3.05, 3.63) is 28.2 Å². The zero-order valence-electron chi connectivity index (χ0n) is 9.79. The number of rotatable bonds is 6. The molecule has 0 spiro atoms. The van der Waals surface area contributed by atoms with E-state index in [4.69, 9.17) is 10.6 Å². The zero-order valence-corrected chi connectivity index (χ0v) is 11.4. The van der Waals surface area contributed by atoms with Crippen LogP contribution in [0.3, 0.4) is 0 Å². The Hall–Kier alpha value is -0.580. The smallest absolute Gasteiger partial charge is 0.122 e. The van der Waals surface area contributed by atoms with Crippen LogP contribution in [0.25, 0.3) is 0 Å². The molecule has 1 atom stereocenters. The van der Waals surface area contributed by atoms with Crippen molar-refractivity contribution >= 4 is 15.9 Å². The van der Waals surface area contributed by atoms with Gasteiger partial charge in [0.05, 0.1) is 7.11 Å². The molecule has 0 aliphatic carbocycles. The van der Waals surface area contributed by atoms with Crippen LogP contribution in [0.15, 0.2) is 22.7 Å². The Balaban J connectivity index is 2.80. The van der Waals surface area contributed by atoms with Crippen molar-refractivity contribution < 1.29 is 4.74 Å². The lowest BCUT2D eigenvalue weighted by Gasteiger charge is -2.17. The Labute approximate surface area is 105 Å². The first kappa shape index (κ1) is 13.5. The van der Waals surface area contributed by atoms with E-state index in [1.807, 2.05) is 12.1 Å². The predicted octanol–water partition coefficient (Wildman–Crippen LogP) is 2.63. The van der Waals surface area contributed by atoms with Gasteiger partial charge in [0.25, 0.3) is 0 Å². The molecule has 3 N–H and O–H groups in total. The van der Waals surface area contributed by atoms with Crippen molar-refractivity contribution in [2.75, 3.05) is 7.11 Å². The summed E-state index contributed by atoms with van der Waals surface area (Å²) in [6.07, 6.45) is 3.06. The Morgan fingerprint density at radius 1 is 1.50 bits per heavy atom. The van der Waals surface area contributed by atoms with Crippen molar-refractivity contribution in [3.63, 3.8) is 0 Å². The molecular formula is C12H19BrN2O. The third kappa shape index (κ3) is 3.77. The maximum Gasteiger partial charge on any atom is 0.122 e. The quantitative estimate of drug-likeness (QED) is 0.624. The van der Waals surface area contributed by atoms with Gasteiger partial charge in [-0.1, -0.05) is 29.3 Å². The van der Waals surface area contributed by atoms with E-state index >= 15 is 0 Å². The van der Waals surface area contributed by atoms with Gasteiger partial charge in [-0.2, -0.15) is 0 Å². The fourth-order valence-corrected chi connectivity index (χ4v) is 2.17. The van der Waals surface area contributed by atoms with E-state index in [9.17, 15) is 0 Å². The summed E-state index contributed by atoms with van der Waals surface area (Å²) in [6.45, 7) is 2.16. The van der Waals surface area contributed by atoms with E-state index in [2.05, 4.69) is 34.3 Å². The predicted molar refractivity (Wildman–Crippen MR) is 70.4 cm³/mol. The van der Waals surface area contributed by atoms with Gasteiger partial charge in [-0.3, -0.25) is 11.3 Å². The summed E-state index contributed by atoms with van der Waals surface area (Å²) < 4.78 is 6.40. The Bertz CT molecular complexity index is 331. The Morgan fingerprint density at radius 3 is 2.81 bits per heavy atom. The van der Waals surface area contributed by atoms with Crippen LogP contribution in [0.2, 0.25) is 0 Å². The number of halogens is 1. The van der Waals surface area contributed by atoms with Gasteiger partial charge in [0, 0.05) is 10.5 Å². The number of hydrogen-bond donors (Lipinski definition) is 2. The minimum atomic E-state index is 0.299. The summed E-state index contributed by atoms with van der Waals surface area (Å²) in [4.78, 5) is 0. The molecule has 0 saturated carbocycles. The number of benzene rings is 1. The van der Waals surface area contributed by atoms with E-state index < -0.39 is 0 Å². The highest BCUT2D eigenvalue weighted by Gasteiger charge is 2.10. The van der Waals surface area contributed by atoms with Crippen LogP contribution in [0.1, 0.15) is 25.3 Å². The summed E-state index contributed by atoms with van der Waals surface area (Å²) in [5, 5.41) is 0. The summed E-state index contributed by atoms with van der Waals surface area (Å²) in [7, 11) is 1.69. The average molecular weight is 287 g/mol. The molecule has 4 heteroatoms. The van der Waals surface area contributed by atoms with Crippen LogP contribution in [0.4, 0.5) is 0 Å². The lowest BCUT2D eigenvalue weighted by molar-refractivity contribution is 0.402. The number of ether oxygens (including phenoxy) is 1. The van der Waals surface area contributed by atoms with E-state index in [-0.39, 0.29) is 0 Å². The second-order valence-electron chi connectivity index (χ2n) is 3.81. The molecule has 0 heterocycles. The summed E-state index contributed by atoms with van der Waals surface area (Å²) in [6, 6.07) is 6.33. The summed E-state index contributed by atoms with van der Waals surface area (Å²) in [5.41, 5.74) is 4.03. The Kier molecular flexibility index (Phi) is 5.80. The fourth-order valence-electron chi connectivity index (χ4n) is 1.76. The zero-order chi connectivity index (χ0) is 12.0. The molecule has 0 aliphatic heterocycles. The molecule has 3 nitrogen and oxygen atoms in total. The number of methoxy groups -OCH3 is 1. The molecule has 0 amide bonds. The van der Waals surface area contributed by atoms with Crippen LogP contribution in [-0.2, 0) is 6.42 Å². The molecule has 1 rings (SSSR count). The molecular weight excluding hydrogens is 268 g/mol. The third-order valence-corrected chi connectivity index (χ3v) is 3.07. The minimum absolute atomic E-state index is 0.299. The SMILES string of the molecule is CCCC(Cc1cc(Br)ccc1OC)NN. The molecule has 1 unspecified atom stereocenters. The molecule has 0 aliphatic rings. The van der Waals surface area contributed by atoms with Gasteiger partial charge in [-0.25, -0.2) is 0 Å². The number of hydrazine groups is 1. The summed E-state index contributed by atoms with van der Waals surface area (Å²) >= 11 is 3.47. The largest absolute Gasteiger partial charge is 0.496 e. The first-order valence-electron chi connectivity index (χ1n) is 5.49. The first-order chi connectivity index (χ1) is 7.71. The van der Waals surface area contributed by atoms with Crippen molar-refractivity contribution in [2.24, 2.45) is 5.84 Å². The molecule has 0 saturated heterocycles. The van der Waals surface area contributed by atoms with E-state index in [0.717, 1.165) is 29.5 Å². The van der Waals surface area contributed by atoms with E-state index in [1.165, 1.54) is 5.56 Å². The van der Waals surface area contributed by atoms with Crippen LogP contribution in [-0.4, -0.2) is 13.2 Å². The van der Waals surface area contributed by atoms with Crippen molar-refractivity contribution in [2.45, 2.75) is 32.2 Å². The van der Waals surface area contributed by atoms with Gasteiger partial charge in [-0.05, 0) is 36.6 Å². The normalized spacial score (nSPS) is 12.5. The number of nitrogens with two attached hydrogens (primary N) is 1. The first-order valence-corrected chi connectivity index (χ1v) is 6.29. The maximum atomic E-state index is 5.53. The van der Waals surface area contributed by atoms with Crippen molar-refractivity contribution in [3.8, 4) is 5.75 Å². The Morgan fingerprint density at radius 2 is 2.25 bits per heavy atom. The van der Waals surface area contributed by atoms with E-state index in [0.29, 0.717) is 6.04 Å². The third-order valence-electron chi connectivity index (χ3n) is 2.58. The van der Waals surface area contributed by atoms with Gasteiger partial charge in [-0.15, -0.1) is 0 Å². The molecule has 0 radical (unpaired) electrons. The second kappa shape index (κ2) is 6.89. The topological polar surface area (TPSA) is 47.3 Å². The van der Waals surface area contributed by atoms with Crippen LogP contribution >= 0.6 is 15.9 Å². The highest BCUT2D eigenvalue weighted by molar-refractivity contribution is 9.10. The molecule has 1 aromatic carbocycles. The van der Waals surface area contributed by atoms with Gasteiger partial charge in [0.1, 0.15) is 5.75 Å². The van der Waals surface area contributed by atoms with Gasteiger partial charge < -0.3 is 4.74 Å². The van der Waals surface area contributed by atoms with E-state index in [1.54, 1.807) is 7.11 Å². The molecule has 0 bridgehead atoms. The highest BCUT2D eigenvalue weighted by atomic mass is 79.9.